The van der Waals surface area contributed by atoms with Gasteiger partial charge in [-0.05, 0) is 77.9 Å². The predicted octanol–water partition coefficient (Wildman–Crippen LogP) is 6.11. The highest BCUT2D eigenvalue weighted by molar-refractivity contribution is 6.02. The first-order chi connectivity index (χ1) is 24.7. The summed E-state index contributed by atoms with van der Waals surface area (Å²) in [6.45, 7) is -0.317. The molecule has 1 unspecified atom stereocenters. The minimum atomic E-state index is -2.56. The predicted molar refractivity (Wildman–Crippen MR) is 192 cm³/mol. The molecule has 0 saturated carbocycles. The van der Waals surface area contributed by atoms with Gasteiger partial charge in [0.1, 0.15) is 18.4 Å². The molecule has 3 amide bonds. The molecule has 0 fully saturated rings. The van der Waals surface area contributed by atoms with E-state index in [2.05, 4.69) is 16.0 Å². The smallest absolute Gasteiger partial charge is 0.255 e. The van der Waals surface area contributed by atoms with Crippen LogP contribution in [0, 0.1) is 0 Å². The third kappa shape index (κ3) is 9.49. The molecule has 1 aliphatic carbocycles. The average molecular weight is 701 g/mol. The van der Waals surface area contributed by atoms with Crippen LogP contribution in [0.3, 0.4) is 0 Å². The summed E-state index contributed by atoms with van der Waals surface area (Å²) in [5.41, 5.74) is 10.4. The lowest BCUT2D eigenvalue weighted by atomic mass is 9.73. The molecule has 0 radical (unpaired) electrons. The molecule has 4 aromatic rings. The van der Waals surface area contributed by atoms with Crippen LogP contribution in [0.2, 0.25) is 0 Å². The summed E-state index contributed by atoms with van der Waals surface area (Å²) in [6.07, 6.45) is 0.522. The van der Waals surface area contributed by atoms with Gasteiger partial charge in [0.15, 0.2) is 0 Å². The molecular formula is C40H43F3N4O4. The second kappa shape index (κ2) is 18.6. The minimum Gasteiger partial charge on any atom is -0.370 e. The van der Waals surface area contributed by atoms with Gasteiger partial charge in [-0.25, -0.2) is 13.2 Å². The summed E-state index contributed by atoms with van der Waals surface area (Å²) in [6, 6.07) is 28.6. The maximum absolute atomic E-state index is 13.2. The lowest BCUT2D eigenvalue weighted by Crippen LogP contribution is -2.45. The quantitative estimate of drug-likeness (QED) is 0.0828. The molecule has 0 aromatic heterocycles. The average Bonchev–Trinajstić information content (AvgIpc) is 3.44. The summed E-state index contributed by atoms with van der Waals surface area (Å²) in [7, 11) is 1.89. The molecule has 51 heavy (non-hydrogen) atoms. The van der Waals surface area contributed by atoms with Crippen LogP contribution in [0.25, 0.3) is 22.3 Å². The van der Waals surface area contributed by atoms with Gasteiger partial charge in [0, 0.05) is 12.0 Å². The molecule has 5 N–H and O–H groups in total. The number of fused-ring (bicyclic) bond motifs is 3. The van der Waals surface area contributed by atoms with Crippen molar-refractivity contribution in [1.29, 1.82) is 0 Å². The third-order valence-electron chi connectivity index (χ3n) is 8.87. The van der Waals surface area contributed by atoms with E-state index in [0.717, 1.165) is 47.2 Å². The highest BCUT2D eigenvalue weighted by Crippen LogP contribution is 2.51. The Balaban J connectivity index is 0.000000229. The lowest BCUT2D eigenvalue weighted by molar-refractivity contribution is -0.126. The number of carbonyl (C=O) groups excluding carboxylic acids is 4. The molecule has 0 saturated heterocycles. The van der Waals surface area contributed by atoms with Crippen LogP contribution in [-0.2, 0) is 26.5 Å². The van der Waals surface area contributed by atoms with Gasteiger partial charge in [0.2, 0.25) is 11.8 Å². The molecule has 8 nitrogen and oxygen atoms in total. The molecule has 0 heterocycles. The van der Waals surface area contributed by atoms with Crippen LogP contribution in [0.1, 0.15) is 59.2 Å². The van der Waals surface area contributed by atoms with Crippen molar-refractivity contribution in [3.8, 4) is 22.3 Å². The Morgan fingerprint density at radius 3 is 1.96 bits per heavy atom. The lowest BCUT2D eigenvalue weighted by Gasteiger charge is -2.31. The fourth-order valence-corrected chi connectivity index (χ4v) is 6.39. The molecular weight excluding hydrogens is 657 g/mol. The Morgan fingerprint density at radius 2 is 1.41 bits per heavy atom. The summed E-state index contributed by atoms with van der Waals surface area (Å²) in [5.74, 6) is -1.29. The zero-order chi connectivity index (χ0) is 36.8. The number of rotatable bonds is 16. The van der Waals surface area contributed by atoms with Gasteiger partial charge in [-0.2, -0.15) is 0 Å². The van der Waals surface area contributed by atoms with Gasteiger partial charge >= 0.3 is 0 Å². The monoisotopic (exact) mass is 700 g/mol. The van der Waals surface area contributed by atoms with E-state index in [1.165, 1.54) is 0 Å². The standard InChI is InChI=1S/C21H24F2N2O.C19H19FN2O3/c1-24-13-7-6-12-21(20(26)25-14-19(22)23)17-10-4-2-8-15(17)16-9-3-5-11-18(16)21;20-11-13-5-7-14(8-6-13)16-3-1-2-4-17(16)19(25)22-15(12-23)9-10-18(21)24/h2-5,8-11,19,24H,6-7,12-14H2,1H3,(H,25,26);1-8,12,15H,9-11H2,(H2,21,24)(H,22,25). The number of alkyl halides is 3. The molecule has 5 rings (SSSR count). The Bertz CT molecular complexity index is 1750. The van der Waals surface area contributed by atoms with Crippen molar-refractivity contribution in [3.63, 3.8) is 0 Å². The van der Waals surface area contributed by atoms with Crippen LogP contribution < -0.4 is 21.7 Å². The van der Waals surface area contributed by atoms with Gasteiger partial charge in [0.05, 0.1) is 12.6 Å². The number of benzene rings is 4. The zero-order valence-electron chi connectivity index (χ0n) is 28.5. The van der Waals surface area contributed by atoms with E-state index in [1.54, 1.807) is 48.5 Å². The van der Waals surface area contributed by atoms with Gasteiger partial charge in [-0.3, -0.25) is 14.4 Å². The normalized spacial score (nSPS) is 12.9. The number of primary amides is 1. The van der Waals surface area contributed by atoms with Gasteiger partial charge in [0.25, 0.3) is 12.3 Å². The molecule has 0 bridgehead atoms. The van der Waals surface area contributed by atoms with E-state index in [9.17, 15) is 32.3 Å². The van der Waals surface area contributed by atoms with Crippen molar-refractivity contribution in [2.24, 2.45) is 5.73 Å². The van der Waals surface area contributed by atoms with Crippen molar-refractivity contribution < 1.29 is 32.3 Å². The topological polar surface area (TPSA) is 130 Å². The van der Waals surface area contributed by atoms with Crippen molar-refractivity contribution >= 4 is 24.0 Å². The third-order valence-corrected chi connectivity index (χ3v) is 8.87. The summed E-state index contributed by atoms with van der Waals surface area (Å²) in [5, 5.41) is 8.19. The Morgan fingerprint density at radius 1 is 0.824 bits per heavy atom. The SMILES string of the molecule is CNCCCCC1(C(=O)NCC(F)F)c2ccccc2-c2ccccc21.NC(=O)CCC(C=O)NC(=O)c1ccccc1-c1ccc(CF)cc1. The first-order valence-corrected chi connectivity index (χ1v) is 16.9. The van der Waals surface area contributed by atoms with Crippen molar-refractivity contribution in [3.05, 3.63) is 119 Å². The Kier molecular flexibility index (Phi) is 14.1. The highest BCUT2D eigenvalue weighted by atomic mass is 19.3. The van der Waals surface area contributed by atoms with Crippen LogP contribution >= 0.6 is 0 Å². The van der Waals surface area contributed by atoms with Crippen LogP contribution in [0.4, 0.5) is 13.2 Å². The Labute approximate surface area is 296 Å². The summed E-state index contributed by atoms with van der Waals surface area (Å²) < 4.78 is 38.1. The van der Waals surface area contributed by atoms with Crippen molar-refractivity contribution in [2.75, 3.05) is 20.1 Å². The fraction of sp³-hybridized carbons (Fsp3) is 0.300. The summed E-state index contributed by atoms with van der Waals surface area (Å²) in [4.78, 5) is 47.7. The summed E-state index contributed by atoms with van der Waals surface area (Å²) >= 11 is 0. The number of hydrogen-bond donors (Lipinski definition) is 4. The maximum atomic E-state index is 13.2. The van der Waals surface area contributed by atoms with E-state index < -0.39 is 42.9 Å². The van der Waals surface area contributed by atoms with Gasteiger partial charge in [-0.1, -0.05) is 97.4 Å². The molecule has 0 spiro atoms. The first-order valence-electron chi connectivity index (χ1n) is 16.9. The van der Waals surface area contributed by atoms with Crippen molar-refractivity contribution in [2.45, 2.75) is 56.7 Å². The van der Waals surface area contributed by atoms with E-state index in [0.29, 0.717) is 29.4 Å². The minimum absolute atomic E-state index is 0.00995. The number of unbranched alkanes of at least 4 members (excludes halogenated alkanes) is 1. The maximum Gasteiger partial charge on any atom is 0.255 e. The zero-order valence-corrected chi connectivity index (χ0v) is 28.5. The number of nitrogens with one attached hydrogen (secondary N) is 3. The largest absolute Gasteiger partial charge is 0.370 e. The molecule has 268 valence electrons. The number of hydrogen-bond acceptors (Lipinski definition) is 5. The molecule has 1 atom stereocenters. The van der Waals surface area contributed by atoms with E-state index in [1.807, 2.05) is 55.6 Å². The molecule has 4 aromatic carbocycles. The fourth-order valence-electron chi connectivity index (χ4n) is 6.39. The number of nitrogens with two attached hydrogens (primary N) is 1. The van der Waals surface area contributed by atoms with Crippen LogP contribution in [0.5, 0.6) is 0 Å². The van der Waals surface area contributed by atoms with Crippen LogP contribution in [0.15, 0.2) is 97.1 Å². The second-order valence-electron chi connectivity index (χ2n) is 12.3. The van der Waals surface area contributed by atoms with E-state index in [4.69, 9.17) is 5.73 Å². The second-order valence-corrected chi connectivity index (χ2v) is 12.3. The number of amides is 3. The van der Waals surface area contributed by atoms with Gasteiger partial charge < -0.3 is 26.5 Å². The molecule has 0 aliphatic heterocycles. The first kappa shape index (κ1) is 38.5. The van der Waals surface area contributed by atoms with E-state index >= 15 is 0 Å². The van der Waals surface area contributed by atoms with Crippen LogP contribution in [-0.4, -0.2) is 56.6 Å². The van der Waals surface area contributed by atoms with E-state index in [-0.39, 0.29) is 18.7 Å². The highest BCUT2D eigenvalue weighted by Gasteiger charge is 2.48. The van der Waals surface area contributed by atoms with Gasteiger partial charge in [-0.15, -0.1) is 0 Å². The number of halogens is 3. The number of carbonyl (C=O) groups is 4. The Hall–Kier alpha value is -5.29. The molecule has 1 aliphatic rings. The number of aldehydes is 1. The molecule has 11 heteroatoms. The van der Waals surface area contributed by atoms with Crippen molar-refractivity contribution in [1.82, 2.24) is 16.0 Å².